The molecule has 3 aromatic rings. The number of nitriles is 1. The Labute approximate surface area is 202 Å². The Kier molecular flexibility index (Phi) is 7.17. The number of anilines is 2. The zero-order valence-corrected chi connectivity index (χ0v) is 20.2. The summed E-state index contributed by atoms with van der Waals surface area (Å²) in [6, 6.07) is 17.2. The van der Waals surface area contributed by atoms with E-state index in [2.05, 4.69) is 16.7 Å². The Bertz CT molecular complexity index is 1240. The van der Waals surface area contributed by atoms with Gasteiger partial charge in [0.05, 0.1) is 10.8 Å². The van der Waals surface area contributed by atoms with Crippen LogP contribution in [-0.2, 0) is 17.6 Å². The lowest BCUT2D eigenvalue weighted by Crippen LogP contribution is -2.22. The lowest BCUT2D eigenvalue weighted by Gasteiger charge is -2.13. The second kappa shape index (κ2) is 10.2. The van der Waals surface area contributed by atoms with Gasteiger partial charge < -0.3 is 10.6 Å². The van der Waals surface area contributed by atoms with Crippen molar-refractivity contribution in [2.75, 3.05) is 10.6 Å². The van der Waals surface area contributed by atoms with Crippen LogP contribution >= 0.6 is 23.1 Å². The van der Waals surface area contributed by atoms with Gasteiger partial charge in [-0.3, -0.25) is 9.59 Å². The standard InChI is InChI=1S/C26H25N3O2S2/c1-16-8-3-4-11-20(16)25(31)28-18-9-7-10-19(14-18)32-17(2)24(30)29-26-22(15-27)21-12-5-6-13-23(21)33-26/h3-4,7-11,14,17H,5-6,12-13H2,1-2H3,(H,28,31)(H,29,30). The summed E-state index contributed by atoms with van der Waals surface area (Å²) in [6.07, 6.45) is 4.12. The van der Waals surface area contributed by atoms with Crippen molar-refractivity contribution < 1.29 is 9.59 Å². The van der Waals surface area contributed by atoms with Gasteiger partial charge >= 0.3 is 0 Å². The van der Waals surface area contributed by atoms with Crippen LogP contribution in [0.4, 0.5) is 10.7 Å². The summed E-state index contributed by atoms with van der Waals surface area (Å²) in [4.78, 5) is 27.6. The molecule has 0 spiro atoms. The van der Waals surface area contributed by atoms with Gasteiger partial charge in [-0.25, -0.2) is 0 Å². The Morgan fingerprint density at radius 1 is 1.09 bits per heavy atom. The van der Waals surface area contributed by atoms with Crippen molar-refractivity contribution in [3.8, 4) is 6.07 Å². The van der Waals surface area contributed by atoms with Crippen molar-refractivity contribution in [1.29, 1.82) is 5.26 Å². The molecule has 33 heavy (non-hydrogen) atoms. The third-order valence-electron chi connectivity index (χ3n) is 5.68. The van der Waals surface area contributed by atoms with Crippen molar-refractivity contribution >= 4 is 45.6 Å². The maximum atomic E-state index is 12.9. The van der Waals surface area contributed by atoms with E-state index in [1.54, 1.807) is 6.07 Å². The van der Waals surface area contributed by atoms with Crippen LogP contribution in [0.2, 0.25) is 0 Å². The van der Waals surface area contributed by atoms with Gasteiger partial charge in [0, 0.05) is 21.0 Å². The molecule has 0 radical (unpaired) electrons. The van der Waals surface area contributed by atoms with Crippen molar-refractivity contribution in [3.63, 3.8) is 0 Å². The Balaban J connectivity index is 1.42. The summed E-state index contributed by atoms with van der Waals surface area (Å²) < 4.78 is 0. The number of hydrogen-bond acceptors (Lipinski definition) is 5. The quantitative estimate of drug-likeness (QED) is 0.417. The molecule has 168 valence electrons. The molecule has 5 nitrogen and oxygen atoms in total. The van der Waals surface area contributed by atoms with Crippen molar-refractivity contribution in [1.82, 2.24) is 0 Å². The summed E-state index contributed by atoms with van der Waals surface area (Å²) >= 11 is 2.95. The molecule has 0 fully saturated rings. The molecule has 1 unspecified atom stereocenters. The number of thioether (sulfide) groups is 1. The predicted molar refractivity (Wildman–Crippen MR) is 135 cm³/mol. The monoisotopic (exact) mass is 475 g/mol. The topological polar surface area (TPSA) is 82.0 Å². The molecule has 7 heteroatoms. The van der Waals surface area contributed by atoms with Crippen molar-refractivity contribution in [2.24, 2.45) is 0 Å². The van der Waals surface area contributed by atoms with E-state index < -0.39 is 0 Å². The first-order chi connectivity index (χ1) is 16.0. The van der Waals surface area contributed by atoms with Crippen LogP contribution < -0.4 is 10.6 Å². The van der Waals surface area contributed by atoms with Crippen LogP contribution in [0.3, 0.4) is 0 Å². The maximum absolute atomic E-state index is 12.9. The zero-order chi connectivity index (χ0) is 23.4. The lowest BCUT2D eigenvalue weighted by molar-refractivity contribution is -0.115. The van der Waals surface area contributed by atoms with Crippen LogP contribution in [0.25, 0.3) is 0 Å². The average Bonchev–Trinajstić information content (AvgIpc) is 3.16. The summed E-state index contributed by atoms with van der Waals surface area (Å²) in [5.74, 6) is -0.295. The van der Waals surface area contributed by atoms with Crippen molar-refractivity contribution in [3.05, 3.63) is 75.7 Å². The van der Waals surface area contributed by atoms with E-state index in [0.29, 0.717) is 21.8 Å². The summed E-state index contributed by atoms with van der Waals surface area (Å²) in [5, 5.41) is 15.8. The van der Waals surface area contributed by atoms with E-state index in [0.717, 1.165) is 41.7 Å². The first kappa shape index (κ1) is 23.1. The molecule has 0 saturated heterocycles. The minimum absolute atomic E-state index is 0.135. The number of hydrogen-bond donors (Lipinski definition) is 2. The molecule has 0 bridgehead atoms. The van der Waals surface area contributed by atoms with Gasteiger partial charge in [0.2, 0.25) is 5.91 Å². The second-order valence-electron chi connectivity index (χ2n) is 8.07. The fraction of sp³-hybridized carbons (Fsp3) is 0.269. The lowest BCUT2D eigenvalue weighted by atomic mass is 9.96. The molecule has 1 atom stereocenters. The van der Waals surface area contributed by atoms with E-state index in [4.69, 9.17) is 0 Å². The molecule has 4 rings (SSSR count). The van der Waals surface area contributed by atoms with E-state index >= 15 is 0 Å². The van der Waals surface area contributed by atoms with Gasteiger partial charge in [0.25, 0.3) is 5.91 Å². The smallest absolute Gasteiger partial charge is 0.255 e. The van der Waals surface area contributed by atoms with Crippen LogP contribution in [-0.4, -0.2) is 17.1 Å². The SMILES string of the molecule is Cc1ccccc1C(=O)Nc1cccc(SC(C)C(=O)Nc2sc3c(c2C#N)CCCC3)c1. The molecule has 0 aliphatic heterocycles. The highest BCUT2D eigenvalue weighted by Gasteiger charge is 2.23. The number of benzene rings is 2. The van der Waals surface area contributed by atoms with Crippen LogP contribution in [0.15, 0.2) is 53.4 Å². The highest BCUT2D eigenvalue weighted by molar-refractivity contribution is 8.00. The van der Waals surface area contributed by atoms with E-state index in [1.807, 2.05) is 56.3 Å². The molecule has 1 aliphatic carbocycles. The van der Waals surface area contributed by atoms with Gasteiger partial charge in [-0.1, -0.05) is 24.3 Å². The summed E-state index contributed by atoms with van der Waals surface area (Å²) in [5.41, 5.74) is 3.97. The van der Waals surface area contributed by atoms with Gasteiger partial charge in [0.1, 0.15) is 11.1 Å². The van der Waals surface area contributed by atoms with Gasteiger partial charge in [0.15, 0.2) is 0 Å². The van der Waals surface area contributed by atoms with Gasteiger partial charge in [-0.05, 0) is 74.9 Å². The average molecular weight is 476 g/mol. The third kappa shape index (κ3) is 5.29. The number of carbonyl (C=O) groups excluding carboxylic acids is 2. The molecule has 2 aromatic carbocycles. The first-order valence-electron chi connectivity index (χ1n) is 11.0. The minimum Gasteiger partial charge on any atom is -0.322 e. The van der Waals surface area contributed by atoms with Crippen LogP contribution in [0, 0.1) is 18.3 Å². The first-order valence-corrected chi connectivity index (χ1v) is 12.6. The molecule has 1 aliphatic rings. The highest BCUT2D eigenvalue weighted by atomic mass is 32.2. The zero-order valence-electron chi connectivity index (χ0n) is 18.6. The molecule has 0 saturated carbocycles. The fourth-order valence-corrected chi connectivity index (χ4v) is 6.09. The predicted octanol–water partition coefficient (Wildman–Crippen LogP) is 6.18. The Hall–Kier alpha value is -3.08. The van der Waals surface area contributed by atoms with Gasteiger partial charge in [-0.2, -0.15) is 5.26 Å². The number of nitrogens with one attached hydrogen (secondary N) is 2. The van der Waals surface area contributed by atoms with E-state index in [9.17, 15) is 14.9 Å². The third-order valence-corrected chi connectivity index (χ3v) is 7.98. The number of thiophene rings is 1. The number of nitrogens with zero attached hydrogens (tertiary/aromatic N) is 1. The Morgan fingerprint density at radius 3 is 2.67 bits per heavy atom. The molecule has 1 aromatic heterocycles. The molecular weight excluding hydrogens is 450 g/mol. The maximum Gasteiger partial charge on any atom is 0.255 e. The number of carbonyl (C=O) groups is 2. The Morgan fingerprint density at radius 2 is 1.88 bits per heavy atom. The van der Waals surface area contributed by atoms with Gasteiger partial charge in [-0.15, -0.1) is 23.1 Å². The van der Waals surface area contributed by atoms with Crippen molar-refractivity contribution in [2.45, 2.75) is 49.7 Å². The second-order valence-corrected chi connectivity index (χ2v) is 10.6. The number of amides is 2. The minimum atomic E-state index is -0.363. The number of fused-ring (bicyclic) bond motifs is 1. The normalized spacial score (nSPS) is 13.5. The summed E-state index contributed by atoms with van der Waals surface area (Å²) in [6.45, 7) is 3.75. The molecule has 2 N–H and O–H groups in total. The molecular formula is C26H25N3O2S2. The van der Waals surface area contributed by atoms with E-state index in [-0.39, 0.29) is 17.1 Å². The summed E-state index contributed by atoms with van der Waals surface area (Å²) in [7, 11) is 0. The fourth-order valence-electron chi connectivity index (χ4n) is 3.92. The number of aryl methyl sites for hydroxylation is 2. The molecule has 2 amide bonds. The van der Waals surface area contributed by atoms with E-state index in [1.165, 1.54) is 28.0 Å². The molecule has 1 heterocycles. The van der Waals surface area contributed by atoms with Crippen LogP contribution in [0.5, 0.6) is 0 Å². The number of rotatable bonds is 6. The highest BCUT2D eigenvalue weighted by Crippen LogP contribution is 2.38. The van der Waals surface area contributed by atoms with Crippen LogP contribution in [0.1, 0.15) is 51.7 Å². The largest absolute Gasteiger partial charge is 0.322 e.